The summed E-state index contributed by atoms with van der Waals surface area (Å²) in [5.74, 6) is 0.642. The van der Waals surface area contributed by atoms with Crippen LogP contribution in [0.1, 0.15) is 23.2 Å². The van der Waals surface area contributed by atoms with Crippen molar-refractivity contribution in [3.63, 3.8) is 0 Å². The monoisotopic (exact) mass is 292 g/mol. The average molecular weight is 292 g/mol. The van der Waals surface area contributed by atoms with Gasteiger partial charge >= 0.3 is 0 Å². The summed E-state index contributed by atoms with van der Waals surface area (Å²) in [5.41, 5.74) is 5.82. The topological polar surface area (TPSA) is 81.9 Å². The van der Waals surface area contributed by atoms with Crippen LogP contribution in [-0.4, -0.2) is 44.0 Å². The first-order chi connectivity index (χ1) is 10.0. The predicted molar refractivity (Wildman–Crippen MR) is 77.4 cm³/mol. The van der Waals surface area contributed by atoms with Crippen molar-refractivity contribution >= 4 is 11.8 Å². The maximum Gasteiger partial charge on any atom is 0.254 e. The van der Waals surface area contributed by atoms with Gasteiger partial charge in [-0.1, -0.05) is 0 Å². The van der Waals surface area contributed by atoms with Gasteiger partial charge in [-0.25, -0.2) is 0 Å². The van der Waals surface area contributed by atoms with Crippen LogP contribution >= 0.6 is 0 Å². The molecule has 0 atom stereocenters. The lowest BCUT2D eigenvalue weighted by Crippen LogP contribution is -2.41. The molecule has 0 spiro atoms. The van der Waals surface area contributed by atoms with Gasteiger partial charge in [0.1, 0.15) is 11.5 Å². The van der Waals surface area contributed by atoms with Crippen LogP contribution in [0.5, 0.6) is 11.5 Å². The first kappa shape index (κ1) is 15.2. The van der Waals surface area contributed by atoms with Gasteiger partial charge in [0.25, 0.3) is 5.91 Å². The van der Waals surface area contributed by atoms with E-state index in [9.17, 15) is 9.59 Å². The van der Waals surface area contributed by atoms with Gasteiger partial charge in [0, 0.05) is 30.6 Å². The fourth-order valence-electron chi connectivity index (χ4n) is 2.48. The van der Waals surface area contributed by atoms with E-state index in [1.165, 1.54) is 0 Å². The third-order valence-electron chi connectivity index (χ3n) is 3.78. The zero-order chi connectivity index (χ0) is 15.4. The van der Waals surface area contributed by atoms with Gasteiger partial charge < -0.3 is 20.1 Å². The summed E-state index contributed by atoms with van der Waals surface area (Å²) in [6.07, 6.45) is 1.23. The third kappa shape index (κ3) is 3.45. The van der Waals surface area contributed by atoms with Gasteiger partial charge in [-0.15, -0.1) is 0 Å². The van der Waals surface area contributed by atoms with Crippen LogP contribution in [0.25, 0.3) is 0 Å². The smallest absolute Gasteiger partial charge is 0.254 e. The normalized spacial score (nSPS) is 15.6. The number of piperidine rings is 1. The first-order valence-corrected chi connectivity index (χ1v) is 6.86. The molecule has 0 unspecified atom stereocenters. The molecule has 21 heavy (non-hydrogen) atoms. The Balaban J connectivity index is 2.12. The van der Waals surface area contributed by atoms with Crippen molar-refractivity contribution in [1.82, 2.24) is 4.90 Å². The van der Waals surface area contributed by atoms with Crippen molar-refractivity contribution in [3.8, 4) is 11.5 Å². The molecule has 1 aromatic carbocycles. The minimum atomic E-state index is -0.287. The number of methoxy groups -OCH3 is 2. The Morgan fingerprint density at radius 1 is 1.10 bits per heavy atom. The molecular weight excluding hydrogens is 272 g/mol. The number of primary amides is 1. The quantitative estimate of drug-likeness (QED) is 0.899. The Bertz CT molecular complexity index is 514. The van der Waals surface area contributed by atoms with E-state index in [0.29, 0.717) is 43.0 Å². The highest BCUT2D eigenvalue weighted by Gasteiger charge is 2.26. The number of nitrogens with zero attached hydrogens (tertiary/aromatic N) is 1. The van der Waals surface area contributed by atoms with Gasteiger partial charge in [0.2, 0.25) is 5.91 Å². The zero-order valence-corrected chi connectivity index (χ0v) is 12.3. The molecule has 0 bridgehead atoms. The Kier molecular flexibility index (Phi) is 4.67. The van der Waals surface area contributed by atoms with E-state index < -0.39 is 0 Å². The highest BCUT2D eigenvalue weighted by atomic mass is 16.5. The van der Waals surface area contributed by atoms with Crippen molar-refractivity contribution in [1.29, 1.82) is 0 Å². The highest BCUT2D eigenvalue weighted by Crippen LogP contribution is 2.25. The number of carbonyl (C=O) groups is 2. The SMILES string of the molecule is COc1cc(OC)cc(C(=O)N2CCC(C(N)=O)CC2)c1. The van der Waals surface area contributed by atoms with Gasteiger partial charge in [-0.2, -0.15) is 0 Å². The predicted octanol–water partition coefficient (Wildman–Crippen LogP) is 1.04. The van der Waals surface area contributed by atoms with Crippen molar-refractivity contribution < 1.29 is 19.1 Å². The zero-order valence-electron chi connectivity index (χ0n) is 12.3. The third-order valence-corrected chi connectivity index (χ3v) is 3.78. The fourth-order valence-corrected chi connectivity index (χ4v) is 2.48. The molecule has 0 aromatic heterocycles. The summed E-state index contributed by atoms with van der Waals surface area (Å²) in [5, 5.41) is 0. The lowest BCUT2D eigenvalue weighted by atomic mass is 9.96. The number of hydrogen-bond acceptors (Lipinski definition) is 4. The lowest BCUT2D eigenvalue weighted by molar-refractivity contribution is -0.123. The average Bonchev–Trinajstić information content (AvgIpc) is 2.53. The van der Waals surface area contributed by atoms with Gasteiger partial charge in [-0.05, 0) is 25.0 Å². The molecule has 2 amide bonds. The summed E-state index contributed by atoms with van der Waals surface area (Å²) in [6.45, 7) is 1.07. The number of rotatable bonds is 4. The van der Waals surface area contributed by atoms with Crippen molar-refractivity contribution in [3.05, 3.63) is 23.8 Å². The summed E-state index contributed by atoms with van der Waals surface area (Å²) < 4.78 is 10.3. The second-order valence-corrected chi connectivity index (χ2v) is 5.07. The number of nitrogens with two attached hydrogens (primary N) is 1. The van der Waals surface area contributed by atoms with Crippen molar-refractivity contribution in [2.75, 3.05) is 27.3 Å². The Morgan fingerprint density at radius 2 is 1.62 bits per heavy atom. The second-order valence-electron chi connectivity index (χ2n) is 5.07. The van der Waals surface area contributed by atoms with Gasteiger partial charge in [0.05, 0.1) is 14.2 Å². The van der Waals surface area contributed by atoms with E-state index in [0.717, 1.165) is 0 Å². The number of hydrogen-bond donors (Lipinski definition) is 1. The van der Waals surface area contributed by atoms with Crippen LogP contribution in [0.3, 0.4) is 0 Å². The highest BCUT2D eigenvalue weighted by molar-refractivity contribution is 5.95. The number of likely N-dealkylation sites (tertiary alicyclic amines) is 1. The molecule has 0 aliphatic carbocycles. The first-order valence-electron chi connectivity index (χ1n) is 6.86. The Morgan fingerprint density at radius 3 is 2.05 bits per heavy atom. The molecule has 1 heterocycles. The molecule has 1 aromatic rings. The van der Waals surface area contributed by atoms with Gasteiger partial charge in [0.15, 0.2) is 0 Å². The van der Waals surface area contributed by atoms with Gasteiger partial charge in [-0.3, -0.25) is 9.59 Å². The van der Waals surface area contributed by atoms with E-state index in [1.54, 1.807) is 37.3 Å². The molecule has 6 nitrogen and oxygen atoms in total. The maximum absolute atomic E-state index is 12.5. The van der Waals surface area contributed by atoms with Crippen LogP contribution in [0.2, 0.25) is 0 Å². The number of benzene rings is 1. The minimum absolute atomic E-state index is 0.0879. The van der Waals surface area contributed by atoms with Crippen molar-refractivity contribution in [2.24, 2.45) is 11.7 Å². The minimum Gasteiger partial charge on any atom is -0.497 e. The van der Waals surface area contributed by atoms with Crippen molar-refractivity contribution in [2.45, 2.75) is 12.8 Å². The molecule has 0 saturated carbocycles. The molecule has 2 N–H and O–H groups in total. The van der Waals surface area contributed by atoms with E-state index in [1.807, 2.05) is 0 Å². The standard InChI is InChI=1S/C15H20N2O4/c1-20-12-7-11(8-13(9-12)21-2)15(19)17-5-3-10(4-6-17)14(16)18/h7-10H,3-6H2,1-2H3,(H2,16,18). The molecule has 2 rings (SSSR count). The molecule has 114 valence electrons. The Hall–Kier alpha value is -2.24. The molecule has 0 radical (unpaired) electrons. The molecule has 1 aliphatic heterocycles. The largest absolute Gasteiger partial charge is 0.497 e. The summed E-state index contributed by atoms with van der Waals surface area (Å²) in [7, 11) is 3.09. The van der Waals surface area contributed by atoms with E-state index in [4.69, 9.17) is 15.2 Å². The van der Waals surface area contributed by atoms with Crippen LogP contribution < -0.4 is 15.2 Å². The molecule has 1 fully saturated rings. The molecule has 1 aliphatic rings. The van der Waals surface area contributed by atoms with E-state index in [-0.39, 0.29) is 17.7 Å². The van der Waals surface area contributed by atoms with E-state index >= 15 is 0 Å². The lowest BCUT2D eigenvalue weighted by Gasteiger charge is -2.30. The number of ether oxygens (including phenoxy) is 2. The molecule has 1 saturated heterocycles. The Labute approximate surface area is 123 Å². The van der Waals surface area contributed by atoms with E-state index in [2.05, 4.69) is 0 Å². The van der Waals surface area contributed by atoms with Crippen LogP contribution in [-0.2, 0) is 4.79 Å². The van der Waals surface area contributed by atoms with Crippen LogP contribution in [0, 0.1) is 5.92 Å². The molecular formula is C15H20N2O4. The summed E-state index contributed by atoms with van der Waals surface area (Å²) >= 11 is 0. The van der Waals surface area contributed by atoms with Crippen LogP contribution in [0.4, 0.5) is 0 Å². The summed E-state index contributed by atoms with van der Waals surface area (Å²) in [6, 6.07) is 5.09. The maximum atomic E-state index is 12.5. The van der Waals surface area contributed by atoms with Crippen LogP contribution in [0.15, 0.2) is 18.2 Å². The second kappa shape index (κ2) is 6.47. The summed E-state index contributed by atoms with van der Waals surface area (Å²) in [4.78, 5) is 25.4. The number of amides is 2. The fraction of sp³-hybridized carbons (Fsp3) is 0.467. The number of carbonyl (C=O) groups excluding carboxylic acids is 2. The molecule has 6 heteroatoms.